The van der Waals surface area contributed by atoms with Crippen LogP contribution in [0.2, 0.25) is 0 Å². The first-order chi connectivity index (χ1) is 24.8. The largest absolute Gasteiger partial charge is 0.510 e. The fourth-order valence-electron chi connectivity index (χ4n) is 5.56. The second-order valence-electron chi connectivity index (χ2n) is 12.1. The Hall–Kier alpha value is -5.24. The fraction of sp³-hybridized carbons (Fsp3) is 0.314. The van der Waals surface area contributed by atoms with Crippen LogP contribution in [-0.4, -0.2) is 125 Å². The molecule has 276 valence electrons. The van der Waals surface area contributed by atoms with E-state index in [1.165, 1.54) is 36.4 Å². The summed E-state index contributed by atoms with van der Waals surface area (Å²) in [7, 11) is 0. The number of esters is 1. The molecule has 3 aliphatic heterocycles. The standard InChI is InChI=1S/C35H34O17/c36-17-5-1-15(2-6-17)3-8-27(42)47-14-26-29(44)30(45)33(52-34-31(46)28(43)23(41)13-48-34)35(51-26)50-25-12-19-21(39)10-18(37)11-24(19)49-32(25)16-4-7-20(38)22(40)9-16/h1-12,23,26,28-31,33-36,38-41,43-46H,13-14H2/p+1/t23-,26-,28+,29+,30+,31-,33-,34+,35-/m1/s1. The SMILES string of the molecule is O=c1cc2oc(-c3ccc(O)c(O)c3)c(O[C@@H]3O[C@H](COC(=[OH+])C=Cc4ccc(O)cc4)[C@H](O)[C@H](O)[C@H]3O[C@@H]3OC[C@@H](O)[C@H](O)[C@H]3O)cc-2c(O)c1. The highest BCUT2D eigenvalue weighted by Gasteiger charge is 2.51. The maximum atomic E-state index is 12.2. The zero-order valence-corrected chi connectivity index (χ0v) is 26.9. The summed E-state index contributed by atoms with van der Waals surface area (Å²) in [5, 5.41) is 93.2. The fourth-order valence-corrected chi connectivity index (χ4v) is 5.56. The van der Waals surface area contributed by atoms with E-state index in [9.17, 15) is 55.5 Å². The molecule has 9 atom stereocenters. The summed E-state index contributed by atoms with van der Waals surface area (Å²) in [6.45, 7) is -1.04. The normalized spacial score (nSPS) is 27.8. The predicted octanol–water partition coefficient (Wildman–Crippen LogP) is 0.116. The van der Waals surface area contributed by atoms with Gasteiger partial charge in [-0.1, -0.05) is 12.1 Å². The van der Waals surface area contributed by atoms with E-state index in [-0.39, 0.29) is 34.1 Å². The van der Waals surface area contributed by atoms with Crippen LogP contribution in [-0.2, 0) is 18.9 Å². The number of hydrogen-bond acceptors (Lipinski definition) is 16. The molecule has 52 heavy (non-hydrogen) atoms. The summed E-state index contributed by atoms with van der Waals surface area (Å²) in [6.07, 6.45) is -12.6. The second-order valence-corrected chi connectivity index (χ2v) is 12.1. The molecule has 6 rings (SSSR count). The van der Waals surface area contributed by atoms with E-state index >= 15 is 0 Å². The van der Waals surface area contributed by atoms with Gasteiger partial charge in [-0.15, -0.1) is 0 Å². The zero-order valence-electron chi connectivity index (χ0n) is 26.9. The topological polar surface area (TPSA) is 280 Å². The third-order valence-electron chi connectivity index (χ3n) is 8.38. The molecule has 2 fully saturated rings. The van der Waals surface area contributed by atoms with Crippen molar-refractivity contribution in [1.82, 2.24) is 0 Å². The number of fused-ring (bicyclic) bond motifs is 1. The number of benzene rings is 3. The van der Waals surface area contributed by atoms with Gasteiger partial charge in [-0.3, -0.25) is 4.79 Å². The first-order valence-corrected chi connectivity index (χ1v) is 15.8. The van der Waals surface area contributed by atoms with Crippen LogP contribution in [0.15, 0.2) is 76.0 Å². The summed E-state index contributed by atoms with van der Waals surface area (Å²) >= 11 is 0. The summed E-state index contributed by atoms with van der Waals surface area (Å²) in [6, 6.07) is 12.9. The minimum absolute atomic E-state index is 0.0156. The van der Waals surface area contributed by atoms with Crippen LogP contribution < -0.4 is 10.2 Å². The van der Waals surface area contributed by atoms with Crippen LogP contribution in [0.1, 0.15) is 5.56 Å². The van der Waals surface area contributed by atoms with Crippen molar-refractivity contribution in [3.05, 3.63) is 82.5 Å². The van der Waals surface area contributed by atoms with Crippen LogP contribution >= 0.6 is 0 Å². The van der Waals surface area contributed by atoms with Crippen LogP contribution in [0.5, 0.6) is 28.7 Å². The van der Waals surface area contributed by atoms with Gasteiger partial charge >= 0.3 is 5.97 Å². The van der Waals surface area contributed by atoms with Crippen molar-refractivity contribution in [2.45, 2.75) is 55.3 Å². The highest BCUT2D eigenvalue weighted by atomic mass is 16.8. The number of hydrogen-bond donors (Lipinski definition) is 9. The Morgan fingerprint density at radius 3 is 2.31 bits per heavy atom. The lowest BCUT2D eigenvalue weighted by Gasteiger charge is -2.44. The molecular formula is C35H35O17+. The molecule has 3 heterocycles. The number of ether oxygens (including phenoxy) is 5. The molecule has 0 radical (unpaired) electrons. The smallest absolute Gasteiger partial charge is 0.508 e. The molecule has 0 amide bonds. The van der Waals surface area contributed by atoms with Gasteiger partial charge < -0.3 is 78.9 Å². The number of aliphatic hydroxyl groups is 5. The Kier molecular flexibility index (Phi) is 10.7. The van der Waals surface area contributed by atoms with Crippen molar-refractivity contribution in [2.75, 3.05) is 13.2 Å². The van der Waals surface area contributed by atoms with Crippen molar-refractivity contribution in [2.24, 2.45) is 0 Å². The molecule has 4 aliphatic rings. The van der Waals surface area contributed by atoms with Crippen LogP contribution in [0.4, 0.5) is 0 Å². The molecule has 0 unspecified atom stereocenters. The van der Waals surface area contributed by atoms with Gasteiger partial charge in [-0.25, -0.2) is 0 Å². The van der Waals surface area contributed by atoms with E-state index in [2.05, 4.69) is 0 Å². The first-order valence-electron chi connectivity index (χ1n) is 15.8. The van der Waals surface area contributed by atoms with Crippen molar-refractivity contribution in [3.8, 4) is 51.4 Å². The second kappa shape index (κ2) is 15.2. The number of rotatable bonds is 9. The van der Waals surface area contributed by atoms with Gasteiger partial charge in [-0.05, 0) is 48.0 Å². The lowest BCUT2D eigenvalue weighted by Crippen LogP contribution is -2.64. The molecular weight excluding hydrogens is 692 g/mol. The molecule has 0 saturated carbocycles. The van der Waals surface area contributed by atoms with Gasteiger partial charge in [0.2, 0.25) is 12.9 Å². The van der Waals surface area contributed by atoms with Crippen LogP contribution in [0, 0.1) is 0 Å². The lowest BCUT2D eigenvalue weighted by molar-refractivity contribution is -0.344. The Morgan fingerprint density at radius 1 is 0.827 bits per heavy atom. The average molecular weight is 728 g/mol. The molecule has 0 spiro atoms. The minimum atomic E-state index is -1.89. The lowest BCUT2D eigenvalue weighted by atomic mass is 9.98. The summed E-state index contributed by atoms with van der Waals surface area (Å²) in [4.78, 5) is 22.5. The van der Waals surface area contributed by atoms with E-state index in [1.807, 2.05) is 0 Å². The summed E-state index contributed by atoms with van der Waals surface area (Å²) < 4.78 is 34.6. The molecule has 17 nitrogen and oxygen atoms in total. The van der Waals surface area contributed by atoms with Crippen molar-refractivity contribution >= 4 is 12.0 Å². The van der Waals surface area contributed by atoms with Crippen molar-refractivity contribution < 1.29 is 78.9 Å². The highest BCUT2D eigenvalue weighted by Crippen LogP contribution is 2.43. The number of aromatic hydroxyl groups is 4. The van der Waals surface area contributed by atoms with E-state index in [1.54, 1.807) is 12.1 Å². The van der Waals surface area contributed by atoms with Crippen LogP contribution in [0.3, 0.4) is 0 Å². The minimum Gasteiger partial charge on any atom is -0.508 e. The number of phenolic OH excluding ortho intramolecular Hbond substituents is 4. The first kappa shape index (κ1) is 36.5. The summed E-state index contributed by atoms with van der Waals surface area (Å²) in [5.41, 5.74) is 0.0897. The van der Waals surface area contributed by atoms with E-state index in [0.29, 0.717) is 5.56 Å². The number of carbonyl (C=O) groups excluding carboxylic acids is 1. The molecule has 0 bridgehead atoms. The Balaban J connectivity index is 1.33. The quantitative estimate of drug-likeness (QED) is 0.0479. The van der Waals surface area contributed by atoms with E-state index < -0.39 is 97.2 Å². The van der Waals surface area contributed by atoms with Gasteiger partial charge in [0.1, 0.15) is 47.8 Å². The van der Waals surface area contributed by atoms with Gasteiger partial charge in [0.05, 0.1) is 18.2 Å². The molecule has 2 aromatic carbocycles. The maximum Gasteiger partial charge on any atom is 0.510 e. The van der Waals surface area contributed by atoms with Crippen molar-refractivity contribution in [3.63, 3.8) is 0 Å². The van der Waals surface area contributed by atoms with E-state index in [4.69, 9.17) is 28.1 Å². The molecule has 0 aromatic heterocycles. The highest BCUT2D eigenvalue weighted by molar-refractivity contribution is 5.88. The Morgan fingerprint density at radius 2 is 1.58 bits per heavy atom. The molecule has 2 aromatic rings. The molecule has 1 aliphatic carbocycles. The third kappa shape index (κ3) is 7.81. The van der Waals surface area contributed by atoms with Gasteiger partial charge in [-0.2, -0.15) is 0 Å². The van der Waals surface area contributed by atoms with Crippen molar-refractivity contribution in [1.29, 1.82) is 0 Å². The Labute approximate surface area is 293 Å². The predicted molar refractivity (Wildman–Crippen MR) is 176 cm³/mol. The monoisotopic (exact) mass is 727 g/mol. The third-order valence-corrected chi connectivity index (χ3v) is 8.38. The average Bonchev–Trinajstić information content (AvgIpc) is 3.11. The number of aliphatic hydroxyl groups excluding tert-OH is 5. The van der Waals surface area contributed by atoms with Gasteiger partial charge in [0.25, 0.3) is 0 Å². The number of phenols is 4. The molecule has 10 N–H and O–H groups in total. The van der Waals surface area contributed by atoms with Gasteiger partial charge in [0, 0.05) is 17.7 Å². The van der Waals surface area contributed by atoms with Crippen LogP contribution in [0.25, 0.3) is 28.7 Å². The Bertz CT molecular complexity index is 1940. The molecule has 2 saturated heterocycles. The van der Waals surface area contributed by atoms with E-state index in [0.717, 1.165) is 24.3 Å². The maximum absolute atomic E-state index is 12.2. The van der Waals surface area contributed by atoms with Gasteiger partial charge in [0.15, 0.2) is 46.9 Å². The summed E-state index contributed by atoms with van der Waals surface area (Å²) in [5.74, 6) is -2.61. The molecule has 17 heteroatoms. The zero-order chi connectivity index (χ0) is 37.3.